The number of nitrogens with zero attached hydrogens (tertiary/aromatic N) is 5. The second kappa shape index (κ2) is 25.4. The predicted octanol–water partition coefficient (Wildman–Crippen LogP) is 6.60. The molecular formula is C51H63N5O12. The van der Waals surface area contributed by atoms with E-state index in [9.17, 15) is 9.59 Å². The van der Waals surface area contributed by atoms with Crippen molar-refractivity contribution in [2.45, 2.75) is 52.0 Å². The Morgan fingerprint density at radius 2 is 1.09 bits per heavy atom. The Kier molecular flexibility index (Phi) is 18.7. The first-order valence-corrected chi connectivity index (χ1v) is 23.1. The quantitative estimate of drug-likeness (QED) is 0.0331. The zero-order valence-electron chi connectivity index (χ0n) is 39.4. The zero-order valence-corrected chi connectivity index (χ0v) is 39.4. The second-order valence-corrected chi connectivity index (χ2v) is 16.6. The molecule has 2 fully saturated rings. The van der Waals surface area contributed by atoms with Crippen LogP contribution >= 0.6 is 0 Å². The van der Waals surface area contributed by atoms with Crippen LogP contribution in [0, 0.1) is 6.92 Å². The summed E-state index contributed by atoms with van der Waals surface area (Å²) < 4.78 is 51.4. The number of amides is 2. The van der Waals surface area contributed by atoms with Gasteiger partial charge in [0.15, 0.2) is 11.5 Å². The molecule has 0 saturated carbocycles. The van der Waals surface area contributed by atoms with Crippen molar-refractivity contribution in [3.8, 4) is 17.2 Å². The van der Waals surface area contributed by atoms with Gasteiger partial charge in [-0.1, -0.05) is 29.5 Å². The summed E-state index contributed by atoms with van der Waals surface area (Å²) in [5, 5.41) is 4.21. The summed E-state index contributed by atoms with van der Waals surface area (Å²) in [5.74, 6) is 1.28. The first kappa shape index (κ1) is 49.9. The van der Waals surface area contributed by atoms with Crippen LogP contribution < -0.4 is 14.2 Å². The van der Waals surface area contributed by atoms with Gasteiger partial charge in [0.2, 0.25) is 0 Å². The maximum Gasteiger partial charge on any atom is 0.257 e. The number of ether oxygens (including phenoxy) is 9. The van der Waals surface area contributed by atoms with Gasteiger partial charge in [-0.15, -0.1) is 0 Å². The Morgan fingerprint density at radius 3 is 1.60 bits per heavy atom. The van der Waals surface area contributed by atoms with Gasteiger partial charge in [0.25, 0.3) is 11.8 Å². The van der Waals surface area contributed by atoms with E-state index in [1.807, 2.05) is 55.3 Å². The highest BCUT2D eigenvalue weighted by molar-refractivity contribution is 6.04. The fourth-order valence-corrected chi connectivity index (χ4v) is 8.07. The van der Waals surface area contributed by atoms with Crippen molar-refractivity contribution >= 4 is 41.8 Å². The highest BCUT2D eigenvalue weighted by Gasteiger charge is 2.35. The molecule has 0 aromatic heterocycles. The summed E-state index contributed by atoms with van der Waals surface area (Å²) in [6.07, 6.45) is 6.64. The van der Waals surface area contributed by atoms with Gasteiger partial charge in [-0.2, -0.15) is 0 Å². The van der Waals surface area contributed by atoms with Crippen LogP contribution in [-0.4, -0.2) is 158 Å². The average Bonchev–Trinajstić information content (AvgIpc) is 3.85. The van der Waals surface area contributed by atoms with Crippen molar-refractivity contribution in [1.82, 2.24) is 9.80 Å². The van der Waals surface area contributed by atoms with E-state index in [1.54, 1.807) is 36.6 Å². The minimum atomic E-state index is -0.135. The molecular weight excluding hydrogens is 875 g/mol. The summed E-state index contributed by atoms with van der Waals surface area (Å²) in [6, 6.07) is 12.7. The smallest absolute Gasteiger partial charge is 0.257 e. The third-order valence-corrected chi connectivity index (χ3v) is 11.4. The largest absolute Gasteiger partial charge is 0.493 e. The molecule has 17 heteroatoms. The lowest BCUT2D eigenvalue weighted by Crippen LogP contribution is -2.35. The lowest BCUT2D eigenvalue weighted by molar-refractivity contribution is -0.0199. The van der Waals surface area contributed by atoms with Crippen molar-refractivity contribution in [2.24, 2.45) is 15.1 Å². The third-order valence-electron chi connectivity index (χ3n) is 11.4. The highest BCUT2D eigenvalue weighted by Crippen LogP contribution is 2.39. The summed E-state index contributed by atoms with van der Waals surface area (Å²) >= 11 is 0. The lowest BCUT2D eigenvalue weighted by atomic mass is 10.1. The highest BCUT2D eigenvalue weighted by atomic mass is 16.6. The molecule has 4 aliphatic heterocycles. The van der Waals surface area contributed by atoms with Crippen molar-refractivity contribution in [3.05, 3.63) is 100 Å². The van der Waals surface area contributed by atoms with Gasteiger partial charge in [0.1, 0.15) is 25.6 Å². The summed E-state index contributed by atoms with van der Waals surface area (Å²) in [7, 11) is 1.54. The summed E-state index contributed by atoms with van der Waals surface area (Å²) in [6.45, 7) is 19.6. The van der Waals surface area contributed by atoms with Crippen LogP contribution in [0.1, 0.15) is 62.7 Å². The van der Waals surface area contributed by atoms with Crippen LogP contribution in [0.2, 0.25) is 0 Å². The van der Waals surface area contributed by atoms with Gasteiger partial charge in [-0.3, -0.25) is 19.6 Å². The fourth-order valence-electron chi connectivity index (χ4n) is 8.07. The number of benzene rings is 3. The van der Waals surface area contributed by atoms with E-state index >= 15 is 0 Å². The molecule has 0 unspecified atom stereocenters. The van der Waals surface area contributed by atoms with Gasteiger partial charge >= 0.3 is 0 Å². The topological polar surface area (TPSA) is 170 Å². The van der Waals surface area contributed by atoms with Crippen LogP contribution in [0.25, 0.3) is 0 Å². The number of aliphatic imine (C=N–C) groups is 2. The molecule has 68 heavy (non-hydrogen) atoms. The number of carbonyl (C=O) groups is 2. The maximum atomic E-state index is 13.5. The predicted molar refractivity (Wildman–Crippen MR) is 257 cm³/mol. The summed E-state index contributed by atoms with van der Waals surface area (Å²) in [4.78, 5) is 45.5. The van der Waals surface area contributed by atoms with Gasteiger partial charge in [-0.25, -0.2) is 0 Å². The average molecular weight is 938 g/mol. The molecule has 3 aromatic rings. The molecule has 7 rings (SSSR count). The summed E-state index contributed by atoms with van der Waals surface area (Å²) in [5.41, 5.74) is 7.29. The first-order chi connectivity index (χ1) is 33.2. The van der Waals surface area contributed by atoms with E-state index in [4.69, 9.17) is 52.5 Å². The van der Waals surface area contributed by atoms with Crippen molar-refractivity contribution in [3.63, 3.8) is 0 Å². The monoisotopic (exact) mass is 937 g/mol. The Bertz CT molecular complexity index is 2330. The number of hydrogen-bond donors (Lipinski definition) is 0. The number of hydrogen-bond acceptors (Lipinski definition) is 15. The number of methoxy groups -OCH3 is 1. The number of carbonyl (C=O) groups excluding carboxylic acids is 2. The molecule has 2 amide bonds. The van der Waals surface area contributed by atoms with Crippen LogP contribution in [0.3, 0.4) is 0 Å². The Labute approximate surface area is 398 Å². The fraction of sp³-hybridized carbons (Fsp3) is 0.471. The number of aryl methyl sites for hydroxylation is 1. The van der Waals surface area contributed by atoms with E-state index in [0.29, 0.717) is 145 Å². The van der Waals surface area contributed by atoms with Gasteiger partial charge in [0.05, 0.1) is 121 Å². The molecule has 0 radical (unpaired) electrons. The molecule has 364 valence electrons. The SMILES string of the molecule is C=C1C[C@H]2C=Nc3cc(OCc4cc(/C=N\OCCOCCOCCOCCOCCOCCOCC)cc(COc5cc6c(cc5OC)C(=O)N5CC(=C)C[C@H]5C=N6)c4)c(C)cc3C(=O)N2C1. The van der Waals surface area contributed by atoms with Crippen LogP contribution in [-0.2, 0) is 46.5 Å². The van der Waals surface area contributed by atoms with Gasteiger partial charge in [-0.05, 0) is 79.3 Å². The van der Waals surface area contributed by atoms with E-state index in [2.05, 4.69) is 23.3 Å². The molecule has 4 aliphatic rings. The Morgan fingerprint density at radius 1 is 0.618 bits per heavy atom. The van der Waals surface area contributed by atoms with Gasteiger partial charge in [0, 0.05) is 44.3 Å². The zero-order chi connectivity index (χ0) is 47.7. The maximum absolute atomic E-state index is 13.5. The Hall–Kier alpha value is -5.95. The normalized spacial score (nSPS) is 17.3. The molecule has 0 bridgehead atoms. The van der Waals surface area contributed by atoms with Crippen molar-refractivity contribution in [1.29, 1.82) is 0 Å². The number of fused-ring (bicyclic) bond motifs is 4. The van der Waals surface area contributed by atoms with E-state index < -0.39 is 0 Å². The molecule has 0 spiro atoms. The van der Waals surface area contributed by atoms with E-state index in [0.717, 1.165) is 33.4 Å². The van der Waals surface area contributed by atoms with E-state index in [1.165, 1.54) is 0 Å². The van der Waals surface area contributed by atoms with Gasteiger partial charge < -0.3 is 57.3 Å². The third kappa shape index (κ3) is 13.8. The number of rotatable bonds is 28. The van der Waals surface area contributed by atoms with Crippen molar-refractivity contribution in [2.75, 3.05) is 106 Å². The lowest BCUT2D eigenvalue weighted by Gasteiger charge is -2.20. The number of oxime groups is 1. The van der Waals surface area contributed by atoms with E-state index in [-0.39, 0.29) is 43.7 Å². The van der Waals surface area contributed by atoms with Crippen LogP contribution in [0.5, 0.6) is 17.2 Å². The van der Waals surface area contributed by atoms with Crippen molar-refractivity contribution < 1.29 is 57.1 Å². The molecule has 3 aromatic carbocycles. The molecule has 2 saturated heterocycles. The first-order valence-electron chi connectivity index (χ1n) is 23.1. The molecule has 0 aliphatic carbocycles. The minimum Gasteiger partial charge on any atom is -0.493 e. The van der Waals surface area contributed by atoms with Crippen LogP contribution in [0.4, 0.5) is 11.4 Å². The second-order valence-electron chi connectivity index (χ2n) is 16.6. The molecule has 2 atom stereocenters. The molecule has 17 nitrogen and oxygen atoms in total. The van der Waals surface area contributed by atoms with Crippen LogP contribution in [0.15, 0.2) is 81.9 Å². The Balaban J connectivity index is 0.921. The molecule has 4 heterocycles. The molecule has 0 N–H and O–H groups in total. The standard InChI is InChI=1S/C51H63N5O12/c1-6-60-7-8-61-9-10-62-11-12-63-13-14-64-15-16-65-17-18-68-54-28-38-22-39(33-66-47-26-45-43(21-37(47)4)50(57)55-31-35(2)19-41(55)29-52-45)24-40(23-38)34-67-49-27-46-44(25-48(49)59-5)51(58)56-32-36(3)20-42(56)30-53-46/h21-30,41-42H,2-3,6-20,31-34H2,1,4-5H3/b54-28-/t41-,42-/m0/s1. The minimum absolute atomic E-state index is 0.0614.